The van der Waals surface area contributed by atoms with E-state index in [0.29, 0.717) is 12.3 Å². The van der Waals surface area contributed by atoms with Gasteiger partial charge in [0, 0.05) is 18.1 Å². The second kappa shape index (κ2) is 3.22. The van der Waals surface area contributed by atoms with Crippen molar-refractivity contribution in [3.63, 3.8) is 0 Å². The zero-order valence-corrected chi connectivity index (χ0v) is 6.24. The Morgan fingerprint density at radius 2 is 2.67 bits per heavy atom. The molecule has 0 aromatic rings. The standard InChI is InChI=1S/C6H10O2S/c1-5(7)2-6-3-8-9-4-6/h6H,2-4H2,1H3. The molecule has 0 radical (unpaired) electrons. The van der Waals surface area contributed by atoms with Crippen LogP contribution >= 0.6 is 12.0 Å². The van der Waals surface area contributed by atoms with Crippen LogP contribution in [0.5, 0.6) is 0 Å². The zero-order chi connectivity index (χ0) is 6.69. The Balaban J connectivity index is 2.19. The minimum Gasteiger partial charge on any atom is -0.315 e. The summed E-state index contributed by atoms with van der Waals surface area (Å²) < 4.78 is 5.02. The third-order valence-electron chi connectivity index (χ3n) is 1.27. The summed E-state index contributed by atoms with van der Waals surface area (Å²) in [4.78, 5) is 10.5. The van der Waals surface area contributed by atoms with Gasteiger partial charge in [0.2, 0.25) is 0 Å². The molecule has 1 aliphatic rings. The van der Waals surface area contributed by atoms with E-state index in [1.165, 1.54) is 12.0 Å². The van der Waals surface area contributed by atoms with Crippen molar-refractivity contribution in [3.8, 4) is 0 Å². The van der Waals surface area contributed by atoms with Crippen molar-refractivity contribution in [1.82, 2.24) is 0 Å². The van der Waals surface area contributed by atoms with E-state index >= 15 is 0 Å². The fourth-order valence-corrected chi connectivity index (χ4v) is 1.65. The summed E-state index contributed by atoms with van der Waals surface area (Å²) in [7, 11) is 0. The highest BCUT2D eigenvalue weighted by molar-refractivity contribution is 7.94. The van der Waals surface area contributed by atoms with Gasteiger partial charge in [-0.15, -0.1) is 0 Å². The third kappa shape index (κ3) is 2.37. The SMILES string of the molecule is CC(=O)CC1COSC1. The van der Waals surface area contributed by atoms with Crippen LogP contribution in [0.3, 0.4) is 0 Å². The lowest BCUT2D eigenvalue weighted by atomic mass is 10.1. The van der Waals surface area contributed by atoms with Crippen LogP contribution in [0, 0.1) is 5.92 Å². The van der Waals surface area contributed by atoms with Crippen molar-refractivity contribution in [1.29, 1.82) is 0 Å². The number of hydrogen-bond donors (Lipinski definition) is 0. The summed E-state index contributed by atoms with van der Waals surface area (Å²) in [6, 6.07) is 0. The second-order valence-electron chi connectivity index (χ2n) is 2.34. The van der Waals surface area contributed by atoms with Crippen molar-refractivity contribution in [2.24, 2.45) is 5.92 Å². The minimum atomic E-state index is 0.270. The Morgan fingerprint density at radius 1 is 1.89 bits per heavy atom. The Morgan fingerprint density at radius 3 is 3.11 bits per heavy atom. The van der Waals surface area contributed by atoms with Gasteiger partial charge in [0.25, 0.3) is 0 Å². The van der Waals surface area contributed by atoms with Crippen LogP contribution < -0.4 is 0 Å². The molecule has 0 aromatic heterocycles. The molecule has 2 nitrogen and oxygen atoms in total. The number of carbonyl (C=O) groups excluding carboxylic acids is 1. The maximum absolute atomic E-state index is 10.5. The molecule has 0 aliphatic carbocycles. The molecule has 52 valence electrons. The molecule has 1 rings (SSSR count). The monoisotopic (exact) mass is 146 g/mol. The Kier molecular flexibility index (Phi) is 2.54. The van der Waals surface area contributed by atoms with Gasteiger partial charge in [-0.3, -0.25) is 0 Å². The molecule has 1 aliphatic heterocycles. The summed E-state index contributed by atoms with van der Waals surface area (Å²) in [5, 5.41) is 0. The van der Waals surface area contributed by atoms with E-state index in [2.05, 4.69) is 0 Å². The Labute approximate surface area is 59.2 Å². The molecule has 0 spiro atoms. The number of hydrogen-bond acceptors (Lipinski definition) is 3. The van der Waals surface area contributed by atoms with E-state index < -0.39 is 0 Å². The average molecular weight is 146 g/mol. The lowest BCUT2D eigenvalue weighted by molar-refractivity contribution is -0.117. The Bertz CT molecular complexity index is 108. The molecule has 0 amide bonds. The van der Waals surface area contributed by atoms with Gasteiger partial charge in [-0.1, -0.05) is 0 Å². The second-order valence-corrected chi connectivity index (χ2v) is 3.15. The summed E-state index contributed by atoms with van der Waals surface area (Å²) in [5.41, 5.74) is 0. The predicted octanol–water partition coefficient (Wildman–Crippen LogP) is 1.26. The molecule has 1 unspecified atom stereocenters. The van der Waals surface area contributed by atoms with Crippen LogP contribution in [-0.2, 0) is 8.98 Å². The van der Waals surface area contributed by atoms with E-state index in [9.17, 15) is 4.79 Å². The molecule has 1 fully saturated rings. The zero-order valence-electron chi connectivity index (χ0n) is 5.42. The summed E-state index contributed by atoms with van der Waals surface area (Å²) in [5.74, 6) is 1.73. The number of ketones is 1. The van der Waals surface area contributed by atoms with Crippen molar-refractivity contribution < 1.29 is 8.98 Å². The van der Waals surface area contributed by atoms with Gasteiger partial charge >= 0.3 is 0 Å². The maximum Gasteiger partial charge on any atom is 0.130 e. The van der Waals surface area contributed by atoms with Crippen molar-refractivity contribution in [2.45, 2.75) is 13.3 Å². The van der Waals surface area contributed by atoms with E-state index in [0.717, 1.165) is 12.4 Å². The lowest BCUT2D eigenvalue weighted by Crippen LogP contribution is -2.07. The van der Waals surface area contributed by atoms with Gasteiger partial charge in [-0.05, 0) is 19.0 Å². The van der Waals surface area contributed by atoms with E-state index in [1.807, 2.05) is 0 Å². The molecule has 1 atom stereocenters. The van der Waals surface area contributed by atoms with Crippen LogP contribution in [0.1, 0.15) is 13.3 Å². The number of rotatable bonds is 2. The van der Waals surface area contributed by atoms with Gasteiger partial charge < -0.3 is 8.98 Å². The van der Waals surface area contributed by atoms with Crippen LogP contribution in [-0.4, -0.2) is 18.1 Å². The molecule has 0 aromatic carbocycles. The van der Waals surface area contributed by atoms with Crippen LogP contribution in [0.15, 0.2) is 0 Å². The highest BCUT2D eigenvalue weighted by atomic mass is 32.2. The van der Waals surface area contributed by atoms with Crippen molar-refractivity contribution in [3.05, 3.63) is 0 Å². The first-order valence-electron chi connectivity index (χ1n) is 3.03. The third-order valence-corrected chi connectivity index (χ3v) is 2.18. The lowest BCUT2D eigenvalue weighted by Gasteiger charge is -1.99. The van der Waals surface area contributed by atoms with E-state index in [-0.39, 0.29) is 5.78 Å². The molecule has 0 bridgehead atoms. The van der Waals surface area contributed by atoms with Crippen LogP contribution in [0.4, 0.5) is 0 Å². The fraction of sp³-hybridized carbons (Fsp3) is 0.833. The quantitative estimate of drug-likeness (QED) is 0.549. The molecule has 3 heteroatoms. The molecule has 1 heterocycles. The first kappa shape index (κ1) is 7.09. The van der Waals surface area contributed by atoms with E-state index in [4.69, 9.17) is 4.18 Å². The highest BCUT2D eigenvalue weighted by Gasteiger charge is 2.17. The predicted molar refractivity (Wildman–Crippen MR) is 37.2 cm³/mol. The topological polar surface area (TPSA) is 26.3 Å². The maximum atomic E-state index is 10.5. The molecule has 1 saturated heterocycles. The molecule has 9 heavy (non-hydrogen) atoms. The van der Waals surface area contributed by atoms with Gasteiger partial charge in [0.05, 0.1) is 6.61 Å². The van der Waals surface area contributed by atoms with E-state index in [1.54, 1.807) is 6.92 Å². The first-order chi connectivity index (χ1) is 4.29. The smallest absolute Gasteiger partial charge is 0.130 e. The normalized spacial score (nSPS) is 26.6. The van der Waals surface area contributed by atoms with Gasteiger partial charge in [0.15, 0.2) is 0 Å². The molecule has 0 N–H and O–H groups in total. The highest BCUT2D eigenvalue weighted by Crippen LogP contribution is 2.22. The van der Waals surface area contributed by atoms with Crippen LogP contribution in [0.2, 0.25) is 0 Å². The van der Waals surface area contributed by atoms with Crippen molar-refractivity contribution >= 4 is 17.8 Å². The van der Waals surface area contributed by atoms with Gasteiger partial charge in [-0.25, -0.2) is 0 Å². The summed E-state index contributed by atoms with van der Waals surface area (Å²) >= 11 is 1.47. The molecular weight excluding hydrogens is 136 g/mol. The first-order valence-corrected chi connectivity index (χ1v) is 3.94. The molecule has 0 saturated carbocycles. The van der Waals surface area contributed by atoms with Gasteiger partial charge in [-0.2, -0.15) is 0 Å². The average Bonchev–Trinajstić information content (AvgIpc) is 2.15. The Hall–Kier alpha value is -0.0200. The van der Waals surface area contributed by atoms with Gasteiger partial charge in [0.1, 0.15) is 5.78 Å². The van der Waals surface area contributed by atoms with Crippen molar-refractivity contribution in [2.75, 3.05) is 12.4 Å². The summed E-state index contributed by atoms with van der Waals surface area (Å²) in [6.07, 6.45) is 0.687. The number of carbonyl (C=O) groups is 1. The minimum absolute atomic E-state index is 0.270. The van der Waals surface area contributed by atoms with Crippen LogP contribution in [0.25, 0.3) is 0 Å². The number of Topliss-reactive ketones (excluding diaryl/α,β-unsaturated/α-hetero) is 1. The summed E-state index contributed by atoms with van der Waals surface area (Å²) in [6.45, 7) is 2.38. The molecular formula is C6H10O2S. The fourth-order valence-electron chi connectivity index (χ4n) is 0.861. The largest absolute Gasteiger partial charge is 0.315 e.